The van der Waals surface area contributed by atoms with Gasteiger partial charge in [0, 0.05) is 31.3 Å². The van der Waals surface area contributed by atoms with Crippen LogP contribution in [0.5, 0.6) is 5.75 Å². The molecule has 3 aromatic rings. The van der Waals surface area contributed by atoms with Crippen molar-refractivity contribution in [1.82, 2.24) is 15.2 Å². The molecule has 0 amide bonds. The lowest BCUT2D eigenvalue weighted by Crippen LogP contribution is -2.45. The average Bonchev–Trinajstić information content (AvgIpc) is 3.03. The van der Waals surface area contributed by atoms with Crippen molar-refractivity contribution < 1.29 is 13.5 Å². The molecule has 0 aliphatic carbocycles. The maximum absolute atomic E-state index is 13.4. The van der Waals surface area contributed by atoms with Gasteiger partial charge in [0.25, 0.3) is 0 Å². The van der Waals surface area contributed by atoms with Crippen molar-refractivity contribution in [1.29, 1.82) is 0 Å². The Morgan fingerprint density at radius 1 is 1.26 bits per heavy atom. The zero-order chi connectivity index (χ0) is 17.2. The highest BCUT2D eigenvalue weighted by Crippen LogP contribution is 2.31. The molecule has 0 saturated carbocycles. The molecule has 1 saturated heterocycles. The van der Waals surface area contributed by atoms with Crippen LogP contribution in [0.15, 0.2) is 46.9 Å². The van der Waals surface area contributed by atoms with Crippen LogP contribution in [0.1, 0.15) is 17.5 Å². The first-order chi connectivity index (χ1) is 12.2. The third kappa shape index (κ3) is 4.52. The molecule has 0 radical (unpaired) electrons. The molecule has 2 aromatic carbocycles. The summed E-state index contributed by atoms with van der Waals surface area (Å²) in [5, 5.41) is 3.44. The Morgan fingerprint density at radius 2 is 2.07 bits per heavy atom. The molecule has 1 aromatic heterocycles. The van der Waals surface area contributed by atoms with Gasteiger partial charge in [0.1, 0.15) is 17.1 Å². The second-order valence-corrected chi connectivity index (χ2v) is 6.15. The first-order valence-corrected chi connectivity index (χ1v) is 8.37. The molecule has 4 rings (SSSR count). The summed E-state index contributed by atoms with van der Waals surface area (Å²) in [6, 6.07) is 12.6. The Labute approximate surface area is 169 Å². The Balaban J connectivity index is 0.00000131. The minimum absolute atomic E-state index is 0. The first-order valence-electron chi connectivity index (χ1n) is 8.37. The lowest BCUT2D eigenvalue weighted by molar-refractivity contribution is 0.139. The molecule has 1 fully saturated rings. The van der Waals surface area contributed by atoms with Gasteiger partial charge < -0.3 is 14.5 Å². The second kappa shape index (κ2) is 9.37. The fourth-order valence-corrected chi connectivity index (χ4v) is 3.37. The molecule has 0 spiro atoms. The maximum atomic E-state index is 13.4. The van der Waals surface area contributed by atoms with Crippen LogP contribution in [0.25, 0.3) is 11.1 Å². The minimum atomic E-state index is -0.315. The number of para-hydroxylation sites is 1. The van der Waals surface area contributed by atoms with E-state index >= 15 is 0 Å². The van der Waals surface area contributed by atoms with Crippen LogP contribution in [0, 0.1) is 5.82 Å². The summed E-state index contributed by atoms with van der Waals surface area (Å²) in [4.78, 5) is 6.81. The predicted octanol–water partition coefficient (Wildman–Crippen LogP) is 3.97. The van der Waals surface area contributed by atoms with Gasteiger partial charge in [-0.05, 0) is 18.2 Å². The van der Waals surface area contributed by atoms with Gasteiger partial charge >= 0.3 is 0 Å². The first kappa shape index (κ1) is 21.4. The molecule has 27 heavy (non-hydrogen) atoms. The van der Waals surface area contributed by atoms with E-state index in [4.69, 9.17) is 9.15 Å². The number of methoxy groups -OCH3 is 1. The standard InChI is InChI=1S/C19H20FN3O2.2ClH/c1-24-17-5-3-2-4-14(17)16-11-21-8-9-23(16)12-19-22-15-7-6-13(20)10-18(15)25-19;;/h2-7,10,16,21H,8-9,11-12H2,1H3;2*1H. The SMILES string of the molecule is COc1ccccc1C1CNCCN1Cc1nc2ccc(F)cc2o1.Cl.Cl. The molecule has 0 bridgehead atoms. The third-order valence-corrected chi connectivity index (χ3v) is 4.59. The van der Waals surface area contributed by atoms with E-state index in [1.807, 2.05) is 18.2 Å². The fourth-order valence-electron chi connectivity index (χ4n) is 3.37. The summed E-state index contributed by atoms with van der Waals surface area (Å²) in [5.41, 5.74) is 2.30. The number of rotatable bonds is 4. The number of ether oxygens (including phenoxy) is 1. The van der Waals surface area contributed by atoms with Gasteiger partial charge in [-0.2, -0.15) is 0 Å². The lowest BCUT2D eigenvalue weighted by atomic mass is 10.0. The lowest BCUT2D eigenvalue weighted by Gasteiger charge is -2.36. The summed E-state index contributed by atoms with van der Waals surface area (Å²) in [7, 11) is 1.69. The van der Waals surface area contributed by atoms with Crippen molar-refractivity contribution in [2.75, 3.05) is 26.7 Å². The number of benzene rings is 2. The molecule has 2 heterocycles. The number of oxazole rings is 1. The zero-order valence-corrected chi connectivity index (χ0v) is 16.5. The van der Waals surface area contributed by atoms with E-state index < -0.39 is 0 Å². The van der Waals surface area contributed by atoms with E-state index in [2.05, 4.69) is 21.3 Å². The van der Waals surface area contributed by atoms with Crippen LogP contribution in [0.4, 0.5) is 4.39 Å². The molecule has 5 nitrogen and oxygen atoms in total. The molecule has 1 aliphatic rings. The van der Waals surface area contributed by atoms with Crippen LogP contribution < -0.4 is 10.1 Å². The van der Waals surface area contributed by atoms with E-state index in [1.165, 1.54) is 12.1 Å². The van der Waals surface area contributed by atoms with E-state index in [9.17, 15) is 4.39 Å². The van der Waals surface area contributed by atoms with Crippen molar-refractivity contribution in [2.45, 2.75) is 12.6 Å². The van der Waals surface area contributed by atoms with Gasteiger partial charge in [-0.25, -0.2) is 9.37 Å². The topological polar surface area (TPSA) is 50.5 Å². The monoisotopic (exact) mass is 413 g/mol. The van der Waals surface area contributed by atoms with Gasteiger partial charge in [-0.3, -0.25) is 4.90 Å². The Hall–Kier alpha value is -1.86. The number of fused-ring (bicyclic) bond motifs is 1. The van der Waals surface area contributed by atoms with Crippen LogP contribution in [0.3, 0.4) is 0 Å². The number of hydrogen-bond donors (Lipinski definition) is 1. The van der Waals surface area contributed by atoms with Crippen molar-refractivity contribution in [3.05, 3.63) is 59.7 Å². The van der Waals surface area contributed by atoms with Crippen molar-refractivity contribution >= 4 is 35.9 Å². The predicted molar refractivity (Wildman–Crippen MR) is 107 cm³/mol. The van der Waals surface area contributed by atoms with Crippen LogP contribution in [0.2, 0.25) is 0 Å². The molecule has 1 aliphatic heterocycles. The Morgan fingerprint density at radius 3 is 2.89 bits per heavy atom. The van der Waals surface area contributed by atoms with E-state index in [0.717, 1.165) is 30.9 Å². The van der Waals surface area contributed by atoms with E-state index in [1.54, 1.807) is 13.2 Å². The third-order valence-electron chi connectivity index (χ3n) is 4.59. The Kier molecular flexibility index (Phi) is 7.44. The van der Waals surface area contributed by atoms with Crippen molar-refractivity contribution in [3.8, 4) is 5.75 Å². The molecule has 1 atom stereocenters. The van der Waals surface area contributed by atoms with Gasteiger partial charge in [-0.15, -0.1) is 24.8 Å². The second-order valence-electron chi connectivity index (χ2n) is 6.15. The summed E-state index contributed by atoms with van der Waals surface area (Å²) >= 11 is 0. The maximum Gasteiger partial charge on any atom is 0.209 e. The van der Waals surface area contributed by atoms with Crippen LogP contribution >= 0.6 is 24.8 Å². The van der Waals surface area contributed by atoms with Crippen molar-refractivity contribution in [3.63, 3.8) is 0 Å². The largest absolute Gasteiger partial charge is 0.496 e. The molecular weight excluding hydrogens is 392 g/mol. The van der Waals surface area contributed by atoms with Gasteiger partial charge in [0.15, 0.2) is 5.58 Å². The summed E-state index contributed by atoms with van der Waals surface area (Å²) in [6.45, 7) is 3.17. The quantitative estimate of drug-likeness (QED) is 0.701. The molecular formula is C19H22Cl2FN3O2. The number of hydrogen-bond acceptors (Lipinski definition) is 5. The molecule has 8 heteroatoms. The summed E-state index contributed by atoms with van der Waals surface area (Å²) in [5.74, 6) is 1.16. The highest BCUT2D eigenvalue weighted by molar-refractivity contribution is 5.85. The van der Waals surface area contributed by atoms with Gasteiger partial charge in [0.05, 0.1) is 19.7 Å². The van der Waals surface area contributed by atoms with Gasteiger partial charge in [0.2, 0.25) is 5.89 Å². The number of halogens is 3. The summed E-state index contributed by atoms with van der Waals surface area (Å²) < 4.78 is 24.6. The number of piperazine rings is 1. The highest BCUT2D eigenvalue weighted by Gasteiger charge is 2.27. The minimum Gasteiger partial charge on any atom is -0.496 e. The smallest absolute Gasteiger partial charge is 0.209 e. The van der Waals surface area contributed by atoms with E-state index in [-0.39, 0.29) is 36.7 Å². The van der Waals surface area contributed by atoms with Crippen LogP contribution in [-0.4, -0.2) is 36.6 Å². The summed E-state index contributed by atoms with van der Waals surface area (Å²) in [6.07, 6.45) is 0. The Bertz CT molecular complexity index is 890. The zero-order valence-electron chi connectivity index (χ0n) is 14.9. The fraction of sp³-hybridized carbons (Fsp3) is 0.316. The van der Waals surface area contributed by atoms with Gasteiger partial charge in [-0.1, -0.05) is 18.2 Å². The molecule has 1 unspecified atom stereocenters. The van der Waals surface area contributed by atoms with Crippen LogP contribution in [-0.2, 0) is 6.54 Å². The molecule has 146 valence electrons. The number of nitrogens with one attached hydrogen (secondary N) is 1. The average molecular weight is 414 g/mol. The highest BCUT2D eigenvalue weighted by atomic mass is 35.5. The molecule has 1 N–H and O–H groups in total. The number of aromatic nitrogens is 1. The van der Waals surface area contributed by atoms with E-state index in [0.29, 0.717) is 23.5 Å². The van der Waals surface area contributed by atoms with Crippen molar-refractivity contribution in [2.24, 2.45) is 0 Å². The normalized spacial score (nSPS) is 17.2. The number of nitrogens with zero attached hydrogens (tertiary/aromatic N) is 2.